The molecule has 2 aliphatic rings. The molecule has 0 amide bonds. The summed E-state index contributed by atoms with van der Waals surface area (Å²) in [6.07, 6.45) is 7.92. The summed E-state index contributed by atoms with van der Waals surface area (Å²) in [4.78, 5) is 15.9. The highest BCUT2D eigenvalue weighted by Crippen LogP contribution is 2.37. The van der Waals surface area contributed by atoms with Crippen molar-refractivity contribution in [3.63, 3.8) is 0 Å². The average molecular weight is 312 g/mol. The number of Topliss-reactive ketones (excluding diaryl/α,β-unsaturated/α-hetero) is 1. The van der Waals surface area contributed by atoms with E-state index in [0.29, 0.717) is 10.4 Å². The van der Waals surface area contributed by atoms with Gasteiger partial charge in [0.25, 0.3) is 0 Å². The monoisotopic (exact) mass is 311 g/mol. The zero-order chi connectivity index (χ0) is 14.1. The van der Waals surface area contributed by atoms with E-state index in [0.717, 1.165) is 17.3 Å². The summed E-state index contributed by atoms with van der Waals surface area (Å²) in [5.41, 5.74) is 0. The maximum Gasteiger partial charge on any atom is 0.189 e. The average Bonchev–Trinajstić information content (AvgIpc) is 2.91. The predicted molar refractivity (Wildman–Crippen MR) is 84.8 cm³/mol. The Morgan fingerprint density at radius 3 is 2.80 bits per heavy atom. The minimum absolute atomic E-state index is 0.00406. The van der Waals surface area contributed by atoms with Gasteiger partial charge in [-0.2, -0.15) is 0 Å². The van der Waals surface area contributed by atoms with Crippen LogP contribution in [0.5, 0.6) is 0 Å². The summed E-state index contributed by atoms with van der Waals surface area (Å²) in [7, 11) is 0. The van der Waals surface area contributed by atoms with Crippen LogP contribution in [-0.2, 0) is 0 Å². The molecule has 20 heavy (non-hydrogen) atoms. The third kappa shape index (κ3) is 2.81. The van der Waals surface area contributed by atoms with E-state index < -0.39 is 0 Å². The second kappa shape index (κ2) is 6.17. The number of hydrogen-bond donors (Lipinski definition) is 0. The number of carbonyl (C=O) groups excluding carboxylic acids is 1. The predicted octanol–water partition coefficient (Wildman–Crippen LogP) is 4.63. The highest BCUT2D eigenvalue weighted by Gasteiger charge is 2.37. The Labute approximate surface area is 130 Å². The molecule has 1 saturated heterocycles. The van der Waals surface area contributed by atoms with E-state index >= 15 is 0 Å². The Hall–Kier alpha value is -0.380. The molecule has 1 unspecified atom stereocenters. The Balaban J connectivity index is 1.75. The van der Waals surface area contributed by atoms with Crippen molar-refractivity contribution in [1.29, 1.82) is 0 Å². The minimum atomic E-state index is -0.00406. The molecule has 1 saturated carbocycles. The van der Waals surface area contributed by atoms with Crippen molar-refractivity contribution in [2.24, 2.45) is 5.92 Å². The zero-order valence-electron chi connectivity index (χ0n) is 12.0. The molecule has 0 aromatic carbocycles. The van der Waals surface area contributed by atoms with Crippen LogP contribution in [0.3, 0.4) is 0 Å². The number of halogens is 1. The van der Waals surface area contributed by atoms with Crippen LogP contribution in [0.15, 0.2) is 12.1 Å². The number of nitrogens with zero attached hydrogens (tertiary/aromatic N) is 1. The van der Waals surface area contributed by atoms with Gasteiger partial charge in [-0.3, -0.25) is 9.69 Å². The Morgan fingerprint density at radius 1 is 1.30 bits per heavy atom. The number of hydrogen-bond acceptors (Lipinski definition) is 3. The molecule has 0 bridgehead atoms. The highest BCUT2D eigenvalue weighted by atomic mass is 35.5. The number of piperidine rings is 1. The first-order valence-electron chi connectivity index (χ1n) is 7.72. The normalized spacial score (nSPS) is 28.9. The number of ketones is 1. The fraction of sp³-hybridized carbons (Fsp3) is 0.688. The van der Waals surface area contributed by atoms with Crippen LogP contribution in [-0.4, -0.2) is 29.3 Å². The van der Waals surface area contributed by atoms with Crippen LogP contribution in [0.1, 0.15) is 55.1 Å². The third-order valence-electron chi connectivity index (χ3n) is 4.98. The van der Waals surface area contributed by atoms with E-state index in [4.69, 9.17) is 11.6 Å². The number of rotatable bonds is 3. The van der Waals surface area contributed by atoms with Gasteiger partial charge in [-0.25, -0.2) is 0 Å². The summed E-state index contributed by atoms with van der Waals surface area (Å²) in [6, 6.07) is 4.32. The molecule has 0 N–H and O–H groups in total. The van der Waals surface area contributed by atoms with Gasteiger partial charge in [0.05, 0.1) is 15.3 Å². The molecule has 2 nitrogen and oxygen atoms in total. The fourth-order valence-electron chi connectivity index (χ4n) is 3.95. The lowest BCUT2D eigenvalue weighted by Gasteiger charge is -2.46. The fourth-order valence-corrected chi connectivity index (χ4v) is 5.01. The highest BCUT2D eigenvalue weighted by molar-refractivity contribution is 7.18. The molecule has 0 radical (unpaired) electrons. The van der Waals surface area contributed by atoms with Crippen molar-refractivity contribution in [1.82, 2.24) is 4.90 Å². The minimum Gasteiger partial charge on any atom is -0.291 e. The first-order chi connectivity index (χ1) is 9.66. The van der Waals surface area contributed by atoms with E-state index in [9.17, 15) is 4.79 Å². The van der Waals surface area contributed by atoms with Crippen LogP contribution in [0.2, 0.25) is 4.34 Å². The topological polar surface area (TPSA) is 20.3 Å². The lowest BCUT2D eigenvalue weighted by Crippen LogP contribution is -2.52. The third-order valence-corrected chi connectivity index (χ3v) is 6.22. The van der Waals surface area contributed by atoms with E-state index in [1.807, 2.05) is 12.1 Å². The smallest absolute Gasteiger partial charge is 0.189 e. The van der Waals surface area contributed by atoms with E-state index in [1.165, 1.54) is 49.9 Å². The first-order valence-corrected chi connectivity index (χ1v) is 8.91. The van der Waals surface area contributed by atoms with Gasteiger partial charge < -0.3 is 0 Å². The van der Waals surface area contributed by atoms with E-state index in [1.54, 1.807) is 0 Å². The van der Waals surface area contributed by atoms with Crippen molar-refractivity contribution >= 4 is 28.7 Å². The number of thiophene rings is 1. The lowest BCUT2D eigenvalue weighted by atomic mass is 9.77. The quantitative estimate of drug-likeness (QED) is 0.759. The van der Waals surface area contributed by atoms with Gasteiger partial charge in [0.1, 0.15) is 0 Å². The van der Waals surface area contributed by atoms with Crippen molar-refractivity contribution < 1.29 is 4.79 Å². The number of fused-ring (bicyclic) bond motifs is 1. The first kappa shape index (κ1) is 14.6. The van der Waals surface area contributed by atoms with Crippen LogP contribution in [0, 0.1) is 5.92 Å². The maximum absolute atomic E-state index is 12.6. The Kier molecular flexibility index (Phi) is 4.49. The van der Waals surface area contributed by atoms with Crippen molar-refractivity contribution in [3.05, 3.63) is 21.3 Å². The summed E-state index contributed by atoms with van der Waals surface area (Å²) in [6.45, 7) is 3.15. The van der Waals surface area contributed by atoms with Gasteiger partial charge in [-0.1, -0.05) is 24.4 Å². The van der Waals surface area contributed by atoms with Crippen LogP contribution < -0.4 is 0 Å². The molecule has 2 fully saturated rings. The lowest BCUT2D eigenvalue weighted by molar-refractivity contribution is 0.0299. The summed E-state index contributed by atoms with van der Waals surface area (Å²) in [5, 5.41) is 0. The molecular formula is C16H22ClNOS. The van der Waals surface area contributed by atoms with Gasteiger partial charge in [0, 0.05) is 6.04 Å². The van der Waals surface area contributed by atoms with Gasteiger partial charge >= 0.3 is 0 Å². The molecule has 1 aliphatic heterocycles. The van der Waals surface area contributed by atoms with Crippen molar-refractivity contribution in [2.75, 3.05) is 6.54 Å². The zero-order valence-corrected chi connectivity index (χ0v) is 13.6. The molecular weight excluding hydrogens is 290 g/mol. The Bertz CT molecular complexity index is 485. The molecule has 4 heteroatoms. The van der Waals surface area contributed by atoms with Gasteiger partial charge in [0.2, 0.25) is 0 Å². The van der Waals surface area contributed by atoms with Crippen LogP contribution in [0.4, 0.5) is 0 Å². The van der Waals surface area contributed by atoms with Gasteiger partial charge in [0.15, 0.2) is 5.78 Å². The molecule has 1 aromatic rings. The summed E-state index contributed by atoms with van der Waals surface area (Å²) in [5.74, 6) is 1.06. The SMILES string of the molecule is CC(C(=O)c1ccc(Cl)s1)N1CCC[C@H]2CCCC[C@H]21. The number of likely N-dealkylation sites (tertiary alicyclic amines) is 1. The standard InChI is InChI=1S/C16H22ClNOS/c1-11(16(19)14-8-9-15(17)20-14)18-10-4-6-12-5-2-3-7-13(12)18/h8-9,11-13H,2-7,10H2,1H3/t11?,12-,13-/m1/s1. The summed E-state index contributed by atoms with van der Waals surface area (Å²) >= 11 is 7.37. The molecule has 1 aliphatic carbocycles. The van der Waals surface area contributed by atoms with E-state index in [-0.39, 0.29) is 11.8 Å². The largest absolute Gasteiger partial charge is 0.291 e. The summed E-state index contributed by atoms with van der Waals surface area (Å²) < 4.78 is 0.703. The van der Waals surface area contributed by atoms with Crippen molar-refractivity contribution in [2.45, 2.75) is 57.5 Å². The Morgan fingerprint density at radius 2 is 2.05 bits per heavy atom. The molecule has 2 heterocycles. The van der Waals surface area contributed by atoms with Gasteiger partial charge in [-0.15, -0.1) is 11.3 Å². The second-order valence-corrected chi connectivity index (χ2v) is 7.85. The molecule has 3 rings (SSSR count). The molecule has 110 valence electrons. The van der Waals surface area contributed by atoms with Gasteiger partial charge in [-0.05, 0) is 57.2 Å². The van der Waals surface area contributed by atoms with Crippen molar-refractivity contribution in [3.8, 4) is 0 Å². The van der Waals surface area contributed by atoms with E-state index in [2.05, 4.69) is 11.8 Å². The molecule has 0 spiro atoms. The molecule has 3 atom stereocenters. The van der Waals surface area contributed by atoms with Crippen LogP contribution in [0.25, 0.3) is 0 Å². The maximum atomic E-state index is 12.6. The number of carbonyl (C=O) groups is 1. The second-order valence-electron chi connectivity index (χ2n) is 6.14. The van der Waals surface area contributed by atoms with Crippen LogP contribution >= 0.6 is 22.9 Å². The molecule has 1 aromatic heterocycles.